The molecule has 0 saturated heterocycles. The average Bonchev–Trinajstić information content (AvgIpc) is 2.82. The molecule has 3 N–H and O–H groups in total. The van der Waals surface area contributed by atoms with E-state index in [2.05, 4.69) is 17.9 Å². The number of nitrogens with one attached hydrogen (secondary N) is 1. The van der Waals surface area contributed by atoms with E-state index >= 15 is 0 Å². The topological polar surface area (TPSA) is 72.2 Å². The van der Waals surface area contributed by atoms with E-state index in [0.717, 1.165) is 18.6 Å². The maximum Gasteiger partial charge on any atom is 0.236 e. The van der Waals surface area contributed by atoms with Crippen LogP contribution in [0.25, 0.3) is 0 Å². The minimum absolute atomic E-state index is 0.0680. The van der Waals surface area contributed by atoms with Gasteiger partial charge in [-0.3, -0.25) is 9.59 Å². The van der Waals surface area contributed by atoms with Gasteiger partial charge in [0.1, 0.15) is 0 Å². The van der Waals surface area contributed by atoms with Gasteiger partial charge in [-0.1, -0.05) is 0 Å². The Hall–Kier alpha value is -0.710. The lowest BCUT2D eigenvalue weighted by molar-refractivity contribution is -0.125. The summed E-state index contributed by atoms with van der Waals surface area (Å²) in [6.45, 7) is -0.0680. The molecule has 1 saturated carbocycles. The monoisotopic (exact) mass is 202 g/mol. The number of carbonyl (C=O) groups is 2. The second-order valence-corrected chi connectivity index (χ2v) is 3.89. The molecule has 0 bridgehead atoms. The molecule has 5 heteroatoms. The lowest BCUT2D eigenvalue weighted by Crippen LogP contribution is -2.34. The molecule has 0 atom stereocenters. The van der Waals surface area contributed by atoms with Gasteiger partial charge >= 0.3 is 0 Å². The fraction of sp³-hybridized carbons (Fsp3) is 0.750. The van der Waals surface area contributed by atoms with E-state index in [0.29, 0.717) is 6.42 Å². The van der Waals surface area contributed by atoms with Crippen LogP contribution in [0.3, 0.4) is 0 Å². The lowest BCUT2D eigenvalue weighted by atomic mass is 10.1. The Kier molecular flexibility index (Phi) is 3.19. The van der Waals surface area contributed by atoms with Crippen LogP contribution in [0.1, 0.15) is 19.3 Å². The largest absolute Gasteiger partial charge is 0.368 e. The van der Waals surface area contributed by atoms with E-state index in [1.807, 2.05) is 0 Å². The summed E-state index contributed by atoms with van der Waals surface area (Å²) in [7, 11) is 0. The van der Waals surface area contributed by atoms with Crippen LogP contribution < -0.4 is 11.1 Å². The standard InChI is InChI=1S/C8H14N2O2S/c9-6(11)4-10-7(12)3-8(5-13)1-2-8/h13H,1-5H2,(H2,9,11)(H,10,12). The first-order valence-electron chi connectivity index (χ1n) is 4.24. The second kappa shape index (κ2) is 4.00. The van der Waals surface area contributed by atoms with Gasteiger partial charge in [0.2, 0.25) is 11.8 Å². The highest BCUT2D eigenvalue weighted by molar-refractivity contribution is 7.80. The number of hydrogen-bond acceptors (Lipinski definition) is 3. The predicted octanol–water partition coefficient (Wildman–Crippen LogP) is -0.312. The summed E-state index contributed by atoms with van der Waals surface area (Å²) in [5.41, 5.74) is 4.99. The number of thiol groups is 1. The van der Waals surface area contributed by atoms with Crippen LogP contribution in [-0.2, 0) is 9.59 Å². The molecule has 0 aromatic rings. The van der Waals surface area contributed by atoms with Crippen molar-refractivity contribution in [1.29, 1.82) is 0 Å². The Morgan fingerprint density at radius 3 is 2.46 bits per heavy atom. The lowest BCUT2D eigenvalue weighted by Gasteiger charge is -2.10. The summed E-state index contributed by atoms with van der Waals surface area (Å²) >= 11 is 4.18. The molecule has 1 aliphatic carbocycles. The van der Waals surface area contributed by atoms with Crippen LogP contribution >= 0.6 is 12.6 Å². The van der Waals surface area contributed by atoms with E-state index in [4.69, 9.17) is 5.73 Å². The quantitative estimate of drug-likeness (QED) is 0.535. The molecule has 0 aliphatic heterocycles. The first-order valence-corrected chi connectivity index (χ1v) is 4.87. The molecule has 2 amide bonds. The average molecular weight is 202 g/mol. The number of amides is 2. The molecule has 0 heterocycles. The van der Waals surface area contributed by atoms with Crippen molar-refractivity contribution in [1.82, 2.24) is 5.32 Å². The molecule has 13 heavy (non-hydrogen) atoms. The maximum atomic E-state index is 11.2. The van der Waals surface area contributed by atoms with Crippen molar-refractivity contribution >= 4 is 24.4 Å². The van der Waals surface area contributed by atoms with Crippen molar-refractivity contribution in [3.63, 3.8) is 0 Å². The zero-order valence-electron chi connectivity index (χ0n) is 7.38. The van der Waals surface area contributed by atoms with Crippen LogP contribution in [0.2, 0.25) is 0 Å². The number of carbonyl (C=O) groups excluding carboxylic acids is 2. The Labute approximate surface area is 82.7 Å². The SMILES string of the molecule is NC(=O)CNC(=O)CC1(CS)CC1. The van der Waals surface area contributed by atoms with Gasteiger partial charge in [-0.2, -0.15) is 12.6 Å². The van der Waals surface area contributed by atoms with Crippen molar-refractivity contribution in [2.24, 2.45) is 11.1 Å². The molecule has 1 fully saturated rings. The summed E-state index contributed by atoms with van der Waals surface area (Å²) < 4.78 is 0. The molecule has 0 unspecified atom stereocenters. The molecule has 1 aliphatic rings. The molecule has 0 aromatic carbocycles. The molecule has 74 valence electrons. The van der Waals surface area contributed by atoms with Gasteiger partial charge < -0.3 is 11.1 Å². The normalized spacial score (nSPS) is 17.9. The van der Waals surface area contributed by atoms with Crippen molar-refractivity contribution < 1.29 is 9.59 Å². The molecule has 0 spiro atoms. The van der Waals surface area contributed by atoms with E-state index in [1.165, 1.54) is 0 Å². The zero-order chi connectivity index (χ0) is 9.90. The van der Waals surface area contributed by atoms with Crippen LogP contribution in [0.15, 0.2) is 0 Å². The van der Waals surface area contributed by atoms with Crippen molar-refractivity contribution in [2.75, 3.05) is 12.3 Å². The van der Waals surface area contributed by atoms with E-state index in [1.54, 1.807) is 0 Å². The first-order chi connectivity index (χ1) is 6.08. The summed E-state index contributed by atoms with van der Waals surface area (Å²) in [5.74, 6) is 0.117. The highest BCUT2D eigenvalue weighted by atomic mass is 32.1. The molecular weight excluding hydrogens is 188 g/mol. The molecule has 1 rings (SSSR count). The first kappa shape index (κ1) is 10.4. The van der Waals surface area contributed by atoms with Gasteiger partial charge in [0.15, 0.2) is 0 Å². The fourth-order valence-corrected chi connectivity index (χ4v) is 1.58. The van der Waals surface area contributed by atoms with Crippen LogP contribution in [0, 0.1) is 5.41 Å². The Morgan fingerprint density at radius 2 is 2.08 bits per heavy atom. The smallest absolute Gasteiger partial charge is 0.236 e. The number of hydrogen-bond donors (Lipinski definition) is 3. The zero-order valence-corrected chi connectivity index (χ0v) is 8.27. The highest BCUT2D eigenvalue weighted by Crippen LogP contribution is 2.49. The van der Waals surface area contributed by atoms with E-state index in [9.17, 15) is 9.59 Å². The summed E-state index contributed by atoms with van der Waals surface area (Å²) in [6.07, 6.45) is 2.57. The Balaban J connectivity index is 2.21. The number of primary amides is 1. The molecule has 0 aromatic heterocycles. The van der Waals surface area contributed by atoms with Crippen molar-refractivity contribution in [3.8, 4) is 0 Å². The molecular formula is C8H14N2O2S. The van der Waals surface area contributed by atoms with E-state index < -0.39 is 5.91 Å². The van der Waals surface area contributed by atoms with Crippen molar-refractivity contribution in [3.05, 3.63) is 0 Å². The van der Waals surface area contributed by atoms with Crippen LogP contribution in [0.5, 0.6) is 0 Å². The third-order valence-corrected chi connectivity index (χ3v) is 2.96. The Bertz CT molecular complexity index is 226. The van der Waals surface area contributed by atoms with E-state index in [-0.39, 0.29) is 17.9 Å². The summed E-state index contributed by atoms with van der Waals surface area (Å²) in [6, 6.07) is 0. The number of rotatable bonds is 5. The third-order valence-electron chi connectivity index (χ3n) is 2.29. The maximum absolute atomic E-state index is 11.2. The van der Waals surface area contributed by atoms with Gasteiger partial charge in [0.25, 0.3) is 0 Å². The van der Waals surface area contributed by atoms with Gasteiger partial charge in [-0.15, -0.1) is 0 Å². The van der Waals surface area contributed by atoms with Gasteiger partial charge in [0.05, 0.1) is 6.54 Å². The predicted molar refractivity (Wildman–Crippen MR) is 52.3 cm³/mol. The fourth-order valence-electron chi connectivity index (χ4n) is 1.16. The number of nitrogens with two attached hydrogens (primary N) is 1. The van der Waals surface area contributed by atoms with Crippen LogP contribution in [0.4, 0.5) is 0 Å². The Morgan fingerprint density at radius 1 is 1.46 bits per heavy atom. The summed E-state index contributed by atoms with van der Waals surface area (Å²) in [5, 5.41) is 2.47. The summed E-state index contributed by atoms with van der Waals surface area (Å²) in [4.78, 5) is 21.6. The minimum Gasteiger partial charge on any atom is -0.368 e. The van der Waals surface area contributed by atoms with Gasteiger partial charge in [-0.05, 0) is 24.0 Å². The third kappa shape index (κ3) is 3.26. The second-order valence-electron chi connectivity index (χ2n) is 3.58. The van der Waals surface area contributed by atoms with Crippen molar-refractivity contribution in [2.45, 2.75) is 19.3 Å². The highest BCUT2D eigenvalue weighted by Gasteiger charge is 2.42. The molecule has 4 nitrogen and oxygen atoms in total. The van der Waals surface area contributed by atoms with Gasteiger partial charge in [-0.25, -0.2) is 0 Å². The minimum atomic E-state index is -0.510. The molecule has 0 radical (unpaired) electrons. The van der Waals surface area contributed by atoms with Crippen LogP contribution in [-0.4, -0.2) is 24.1 Å². The van der Waals surface area contributed by atoms with Gasteiger partial charge in [0, 0.05) is 6.42 Å².